The Morgan fingerprint density at radius 2 is 1.90 bits per heavy atom. The number of halogens is 2. The summed E-state index contributed by atoms with van der Waals surface area (Å²) >= 11 is 5.75. The molecular formula is C16H14ClFO3. The van der Waals surface area contributed by atoms with Crippen molar-refractivity contribution in [2.24, 2.45) is 0 Å². The van der Waals surface area contributed by atoms with Crippen LogP contribution >= 0.6 is 11.6 Å². The molecule has 0 aliphatic carbocycles. The molecule has 0 spiro atoms. The normalized spacial score (nSPS) is 10.4. The number of hydrogen-bond acceptors (Lipinski definition) is 2. The number of carbonyl (C=O) groups is 1. The molecule has 0 fully saturated rings. The van der Waals surface area contributed by atoms with Crippen LogP contribution in [0.3, 0.4) is 0 Å². The summed E-state index contributed by atoms with van der Waals surface area (Å²) in [4.78, 5) is 11.3. The molecule has 0 unspecified atom stereocenters. The lowest BCUT2D eigenvalue weighted by molar-refractivity contribution is 0.0692. The van der Waals surface area contributed by atoms with Crippen molar-refractivity contribution in [3.8, 4) is 16.9 Å². The Kier molecular flexibility index (Phi) is 4.81. The van der Waals surface area contributed by atoms with Crippen molar-refractivity contribution >= 4 is 17.6 Å². The largest absolute Gasteiger partial charge is 0.493 e. The van der Waals surface area contributed by atoms with Crippen LogP contribution in [-0.4, -0.2) is 17.7 Å². The Morgan fingerprint density at radius 3 is 2.52 bits per heavy atom. The molecule has 0 saturated heterocycles. The topological polar surface area (TPSA) is 46.5 Å². The molecule has 0 aromatic heterocycles. The first-order valence-electron chi connectivity index (χ1n) is 6.48. The average molecular weight is 309 g/mol. The second-order valence-corrected chi connectivity index (χ2v) is 4.90. The Morgan fingerprint density at radius 1 is 1.24 bits per heavy atom. The summed E-state index contributed by atoms with van der Waals surface area (Å²) in [5.41, 5.74) is 1.35. The molecule has 0 saturated carbocycles. The first kappa shape index (κ1) is 15.3. The van der Waals surface area contributed by atoms with Gasteiger partial charge >= 0.3 is 5.97 Å². The molecule has 0 atom stereocenters. The zero-order chi connectivity index (χ0) is 15.4. The van der Waals surface area contributed by atoms with Gasteiger partial charge in [0.2, 0.25) is 0 Å². The van der Waals surface area contributed by atoms with Crippen molar-refractivity contribution in [2.75, 3.05) is 6.61 Å². The first-order valence-corrected chi connectivity index (χ1v) is 6.86. The van der Waals surface area contributed by atoms with Gasteiger partial charge in [0.1, 0.15) is 17.1 Å². The number of hydrogen-bond donors (Lipinski definition) is 1. The van der Waals surface area contributed by atoms with Crippen LogP contribution in [0.5, 0.6) is 5.75 Å². The standard InChI is InChI=1S/C16H14ClFO3/c1-2-7-21-15-6-4-10(8-12(15)16(19)20)11-3-5-14(18)13(17)9-11/h3-6,8-9H,2,7H2,1H3,(H,19,20). The van der Waals surface area contributed by atoms with E-state index >= 15 is 0 Å². The van der Waals surface area contributed by atoms with Crippen LogP contribution in [0.1, 0.15) is 23.7 Å². The fourth-order valence-electron chi connectivity index (χ4n) is 1.89. The predicted octanol–water partition coefficient (Wildman–Crippen LogP) is 4.63. The quantitative estimate of drug-likeness (QED) is 0.875. The van der Waals surface area contributed by atoms with Crippen molar-refractivity contribution in [2.45, 2.75) is 13.3 Å². The van der Waals surface area contributed by atoms with Gasteiger partial charge in [-0.2, -0.15) is 0 Å². The highest BCUT2D eigenvalue weighted by molar-refractivity contribution is 6.31. The molecule has 0 aliphatic rings. The fourth-order valence-corrected chi connectivity index (χ4v) is 2.07. The van der Waals surface area contributed by atoms with Crippen LogP contribution in [0.2, 0.25) is 5.02 Å². The summed E-state index contributed by atoms with van der Waals surface area (Å²) in [6, 6.07) is 9.09. The van der Waals surface area contributed by atoms with Crippen molar-refractivity contribution in [3.63, 3.8) is 0 Å². The van der Waals surface area contributed by atoms with Crippen LogP contribution in [0.15, 0.2) is 36.4 Å². The van der Waals surface area contributed by atoms with Gasteiger partial charge in [0.15, 0.2) is 0 Å². The minimum atomic E-state index is -1.07. The maximum absolute atomic E-state index is 13.2. The first-order chi connectivity index (χ1) is 10.0. The van der Waals surface area contributed by atoms with E-state index in [4.69, 9.17) is 16.3 Å². The minimum Gasteiger partial charge on any atom is -0.493 e. The van der Waals surface area contributed by atoms with Crippen LogP contribution in [-0.2, 0) is 0 Å². The molecule has 2 aromatic carbocycles. The smallest absolute Gasteiger partial charge is 0.339 e. The van der Waals surface area contributed by atoms with E-state index < -0.39 is 11.8 Å². The molecule has 0 bridgehead atoms. The average Bonchev–Trinajstić information content (AvgIpc) is 2.47. The molecular weight excluding hydrogens is 295 g/mol. The highest BCUT2D eigenvalue weighted by Gasteiger charge is 2.13. The number of rotatable bonds is 5. The van der Waals surface area contributed by atoms with Gasteiger partial charge in [-0.3, -0.25) is 0 Å². The van der Waals surface area contributed by atoms with E-state index in [2.05, 4.69) is 0 Å². The second-order valence-electron chi connectivity index (χ2n) is 4.49. The van der Waals surface area contributed by atoms with Gasteiger partial charge in [0.05, 0.1) is 11.6 Å². The predicted molar refractivity (Wildman–Crippen MR) is 79.6 cm³/mol. The fraction of sp³-hybridized carbons (Fsp3) is 0.188. The molecule has 2 aromatic rings. The van der Waals surface area contributed by atoms with Crippen molar-refractivity contribution < 1.29 is 19.0 Å². The SMILES string of the molecule is CCCOc1ccc(-c2ccc(F)c(Cl)c2)cc1C(=O)O. The lowest BCUT2D eigenvalue weighted by atomic mass is 10.0. The molecule has 3 nitrogen and oxygen atoms in total. The maximum atomic E-state index is 13.2. The Hall–Kier alpha value is -2.07. The molecule has 0 heterocycles. The summed E-state index contributed by atoms with van der Waals surface area (Å²) in [5, 5.41) is 9.26. The summed E-state index contributed by atoms with van der Waals surface area (Å²) in [6.07, 6.45) is 0.786. The molecule has 5 heteroatoms. The number of benzene rings is 2. The number of ether oxygens (including phenoxy) is 1. The highest BCUT2D eigenvalue weighted by atomic mass is 35.5. The summed E-state index contributed by atoms with van der Waals surface area (Å²) < 4.78 is 18.6. The summed E-state index contributed by atoms with van der Waals surface area (Å²) in [7, 11) is 0. The molecule has 0 amide bonds. The van der Waals surface area contributed by atoms with Gasteiger partial charge in [0.25, 0.3) is 0 Å². The number of carboxylic acids is 1. The molecule has 1 N–H and O–H groups in total. The van der Waals surface area contributed by atoms with Crippen LogP contribution < -0.4 is 4.74 Å². The van der Waals surface area contributed by atoms with Gasteiger partial charge in [-0.1, -0.05) is 30.7 Å². The number of aromatic carboxylic acids is 1. The van der Waals surface area contributed by atoms with Crippen LogP contribution in [0, 0.1) is 5.82 Å². The van der Waals surface area contributed by atoms with Crippen LogP contribution in [0.4, 0.5) is 4.39 Å². The Labute approximate surface area is 126 Å². The van der Waals surface area contributed by atoms with Crippen LogP contribution in [0.25, 0.3) is 11.1 Å². The third kappa shape index (κ3) is 3.52. The van der Waals surface area contributed by atoms with E-state index in [1.54, 1.807) is 18.2 Å². The zero-order valence-corrected chi connectivity index (χ0v) is 12.2. The molecule has 0 radical (unpaired) electrons. The monoisotopic (exact) mass is 308 g/mol. The molecule has 21 heavy (non-hydrogen) atoms. The van der Waals surface area contributed by atoms with Crippen molar-refractivity contribution in [1.29, 1.82) is 0 Å². The third-order valence-corrected chi connectivity index (χ3v) is 3.21. The summed E-state index contributed by atoms with van der Waals surface area (Å²) in [6.45, 7) is 2.39. The van der Waals surface area contributed by atoms with E-state index in [0.717, 1.165) is 6.42 Å². The van der Waals surface area contributed by atoms with Crippen molar-refractivity contribution in [1.82, 2.24) is 0 Å². The van der Waals surface area contributed by atoms with Crippen molar-refractivity contribution in [3.05, 3.63) is 52.8 Å². The summed E-state index contributed by atoms with van der Waals surface area (Å²) in [5.74, 6) is -1.26. The van der Waals surface area contributed by atoms with Gasteiger partial charge in [0, 0.05) is 0 Å². The minimum absolute atomic E-state index is 0.00400. The zero-order valence-electron chi connectivity index (χ0n) is 11.4. The Bertz CT molecular complexity index is 671. The van der Waals surface area contributed by atoms with Gasteiger partial charge < -0.3 is 9.84 Å². The van der Waals surface area contributed by atoms with E-state index in [1.807, 2.05) is 6.92 Å². The number of carboxylic acid groups (broad SMARTS) is 1. The lowest BCUT2D eigenvalue weighted by Gasteiger charge is -2.10. The van der Waals surface area contributed by atoms with Gasteiger partial charge in [-0.25, -0.2) is 9.18 Å². The van der Waals surface area contributed by atoms with E-state index in [-0.39, 0.29) is 10.6 Å². The van der Waals surface area contributed by atoms with Gasteiger partial charge in [-0.15, -0.1) is 0 Å². The van der Waals surface area contributed by atoms with E-state index in [1.165, 1.54) is 18.2 Å². The maximum Gasteiger partial charge on any atom is 0.339 e. The van der Waals surface area contributed by atoms with Gasteiger partial charge in [-0.05, 0) is 41.8 Å². The molecule has 110 valence electrons. The molecule has 2 rings (SSSR count). The Balaban J connectivity index is 2.43. The van der Waals surface area contributed by atoms with E-state index in [9.17, 15) is 14.3 Å². The third-order valence-electron chi connectivity index (χ3n) is 2.92. The highest BCUT2D eigenvalue weighted by Crippen LogP contribution is 2.29. The molecule has 0 aliphatic heterocycles. The lowest BCUT2D eigenvalue weighted by Crippen LogP contribution is -2.04. The second kappa shape index (κ2) is 6.59. The van der Waals surface area contributed by atoms with E-state index in [0.29, 0.717) is 23.5 Å².